The van der Waals surface area contributed by atoms with Crippen LogP contribution in [0.4, 0.5) is 0 Å². The maximum Gasteiger partial charge on any atom is 0.251 e. The summed E-state index contributed by atoms with van der Waals surface area (Å²) in [5, 5.41) is 2.51. The van der Waals surface area contributed by atoms with Gasteiger partial charge in [-0.15, -0.1) is 11.6 Å². The number of rotatable bonds is 2. The molecule has 0 spiro atoms. The number of amides is 1. The van der Waals surface area contributed by atoms with Crippen molar-refractivity contribution in [2.24, 2.45) is 5.92 Å². The van der Waals surface area contributed by atoms with Crippen LogP contribution in [0.3, 0.4) is 0 Å². The zero-order valence-electron chi connectivity index (χ0n) is 11.6. The van der Waals surface area contributed by atoms with Gasteiger partial charge in [0.25, 0.3) is 5.91 Å². The minimum Gasteiger partial charge on any atom is -0.352 e. The molecule has 4 nitrogen and oxygen atoms in total. The fourth-order valence-electron chi connectivity index (χ4n) is 3.10. The Bertz CT molecular complexity index is 671. The van der Waals surface area contributed by atoms with Crippen molar-refractivity contribution in [2.75, 3.05) is 18.1 Å². The van der Waals surface area contributed by atoms with Crippen LogP contribution in [-0.4, -0.2) is 32.4 Å². The first-order valence-electron chi connectivity index (χ1n) is 7.22. The lowest BCUT2D eigenvalue weighted by molar-refractivity contribution is 0.0956. The second-order valence-electron chi connectivity index (χ2n) is 5.84. The van der Waals surface area contributed by atoms with E-state index in [1.54, 1.807) is 0 Å². The molecule has 2 heterocycles. The summed E-state index contributed by atoms with van der Waals surface area (Å²) in [6.07, 6.45) is 2.40. The van der Waals surface area contributed by atoms with E-state index in [9.17, 15) is 13.2 Å². The highest BCUT2D eigenvalue weighted by molar-refractivity contribution is 7.91. The SMILES string of the molecule is O=C1NCCCc2ccc(C(Cl)C3CCS(=O)(=O)C3)cc21. The molecule has 2 aliphatic heterocycles. The Labute approximate surface area is 129 Å². The van der Waals surface area contributed by atoms with E-state index in [1.165, 1.54) is 0 Å². The number of alkyl halides is 1. The van der Waals surface area contributed by atoms with E-state index in [2.05, 4.69) is 5.32 Å². The molecule has 21 heavy (non-hydrogen) atoms. The van der Waals surface area contributed by atoms with E-state index >= 15 is 0 Å². The van der Waals surface area contributed by atoms with Gasteiger partial charge in [-0.2, -0.15) is 0 Å². The lowest BCUT2D eigenvalue weighted by atomic mass is 9.94. The summed E-state index contributed by atoms with van der Waals surface area (Å²) in [7, 11) is -2.95. The predicted molar refractivity (Wildman–Crippen MR) is 82.5 cm³/mol. The van der Waals surface area contributed by atoms with E-state index in [0.29, 0.717) is 18.5 Å². The van der Waals surface area contributed by atoms with Gasteiger partial charge >= 0.3 is 0 Å². The maximum atomic E-state index is 12.1. The topological polar surface area (TPSA) is 63.2 Å². The van der Waals surface area contributed by atoms with Crippen molar-refractivity contribution in [3.8, 4) is 0 Å². The third kappa shape index (κ3) is 3.09. The Morgan fingerprint density at radius 2 is 2.14 bits per heavy atom. The molecule has 0 radical (unpaired) electrons. The molecule has 1 aromatic rings. The summed E-state index contributed by atoms with van der Waals surface area (Å²) in [5.74, 6) is 0.229. The molecule has 2 atom stereocenters. The van der Waals surface area contributed by atoms with Crippen LogP contribution in [0.15, 0.2) is 18.2 Å². The van der Waals surface area contributed by atoms with Crippen LogP contribution in [-0.2, 0) is 16.3 Å². The standard InChI is InChI=1S/C15H18ClNO3S/c16-14(12-5-7-21(19,20)9-12)11-4-3-10-2-1-6-17-15(18)13(10)8-11/h3-4,8,12,14H,1-2,5-7,9H2,(H,17,18). The molecule has 2 aliphatic rings. The number of hydrogen-bond acceptors (Lipinski definition) is 3. The largest absolute Gasteiger partial charge is 0.352 e. The molecule has 0 saturated carbocycles. The maximum absolute atomic E-state index is 12.1. The van der Waals surface area contributed by atoms with E-state index in [-0.39, 0.29) is 28.7 Å². The normalized spacial score (nSPS) is 25.8. The Morgan fingerprint density at radius 1 is 1.33 bits per heavy atom. The van der Waals surface area contributed by atoms with Crippen LogP contribution in [0, 0.1) is 5.92 Å². The van der Waals surface area contributed by atoms with Crippen LogP contribution in [0.1, 0.15) is 39.7 Å². The fraction of sp³-hybridized carbons (Fsp3) is 0.533. The minimum atomic E-state index is -2.95. The first-order chi connectivity index (χ1) is 9.96. The molecule has 114 valence electrons. The Hall–Kier alpha value is -1.07. The van der Waals surface area contributed by atoms with E-state index in [4.69, 9.17) is 11.6 Å². The molecule has 0 bridgehead atoms. The summed E-state index contributed by atoms with van der Waals surface area (Å²) in [6, 6.07) is 5.72. The number of fused-ring (bicyclic) bond motifs is 1. The number of benzene rings is 1. The molecule has 0 aliphatic carbocycles. The number of halogens is 1. The first-order valence-corrected chi connectivity index (χ1v) is 9.47. The van der Waals surface area contributed by atoms with Crippen molar-refractivity contribution in [1.29, 1.82) is 0 Å². The van der Waals surface area contributed by atoms with Gasteiger partial charge in [-0.3, -0.25) is 4.79 Å². The quantitative estimate of drug-likeness (QED) is 0.846. The number of hydrogen-bond donors (Lipinski definition) is 1. The number of carbonyl (C=O) groups is 1. The second-order valence-corrected chi connectivity index (χ2v) is 8.54. The van der Waals surface area contributed by atoms with Crippen molar-refractivity contribution in [1.82, 2.24) is 5.32 Å². The molecule has 2 unspecified atom stereocenters. The average Bonchev–Trinajstić information content (AvgIpc) is 2.72. The molecule has 0 aromatic heterocycles. The van der Waals surface area contributed by atoms with Gasteiger partial charge in [0.1, 0.15) is 0 Å². The smallest absolute Gasteiger partial charge is 0.251 e. The van der Waals surface area contributed by atoms with Crippen LogP contribution in [0.5, 0.6) is 0 Å². The van der Waals surface area contributed by atoms with Crippen molar-refractivity contribution in [3.63, 3.8) is 0 Å². The molecule has 1 fully saturated rings. The minimum absolute atomic E-state index is 0.0627. The van der Waals surface area contributed by atoms with Crippen molar-refractivity contribution in [2.45, 2.75) is 24.6 Å². The Balaban J connectivity index is 1.88. The zero-order valence-corrected chi connectivity index (χ0v) is 13.2. The molecule has 1 N–H and O–H groups in total. The van der Waals surface area contributed by atoms with Gasteiger partial charge in [-0.1, -0.05) is 12.1 Å². The number of aryl methyl sites for hydroxylation is 1. The lowest BCUT2D eigenvalue weighted by Gasteiger charge is -2.17. The molecule has 1 amide bonds. The summed E-state index contributed by atoms with van der Waals surface area (Å²) >= 11 is 6.47. The zero-order chi connectivity index (χ0) is 15.0. The molecule has 1 saturated heterocycles. The van der Waals surface area contributed by atoms with E-state index in [0.717, 1.165) is 24.0 Å². The highest BCUT2D eigenvalue weighted by Crippen LogP contribution is 2.37. The predicted octanol–water partition coefficient (Wildman–Crippen LogP) is 2.08. The summed E-state index contributed by atoms with van der Waals surface area (Å²) in [4.78, 5) is 12.1. The van der Waals surface area contributed by atoms with Gasteiger partial charge in [-0.25, -0.2) is 8.42 Å². The van der Waals surface area contributed by atoms with Gasteiger partial charge in [0, 0.05) is 12.1 Å². The third-order valence-corrected chi connectivity index (χ3v) is 6.69. The van der Waals surface area contributed by atoms with E-state index in [1.807, 2.05) is 18.2 Å². The second kappa shape index (κ2) is 5.61. The summed E-state index contributed by atoms with van der Waals surface area (Å²) in [6.45, 7) is 0.689. The van der Waals surface area contributed by atoms with Crippen molar-refractivity contribution in [3.05, 3.63) is 34.9 Å². The summed E-state index contributed by atoms with van der Waals surface area (Å²) < 4.78 is 23.2. The van der Waals surface area contributed by atoms with Crippen LogP contribution in [0.25, 0.3) is 0 Å². The molecule has 1 aromatic carbocycles. The van der Waals surface area contributed by atoms with Gasteiger partial charge < -0.3 is 5.32 Å². The van der Waals surface area contributed by atoms with Crippen LogP contribution >= 0.6 is 11.6 Å². The highest BCUT2D eigenvalue weighted by Gasteiger charge is 2.34. The Morgan fingerprint density at radius 3 is 2.86 bits per heavy atom. The van der Waals surface area contributed by atoms with Crippen molar-refractivity contribution < 1.29 is 13.2 Å². The third-order valence-electron chi connectivity index (χ3n) is 4.29. The molecular weight excluding hydrogens is 310 g/mol. The number of carbonyl (C=O) groups excluding carboxylic acids is 1. The van der Waals surface area contributed by atoms with Gasteiger partial charge in [0.05, 0.1) is 16.9 Å². The monoisotopic (exact) mass is 327 g/mol. The van der Waals surface area contributed by atoms with Gasteiger partial charge in [-0.05, 0) is 42.4 Å². The number of sulfone groups is 1. The van der Waals surface area contributed by atoms with E-state index < -0.39 is 9.84 Å². The Kier molecular flexibility index (Phi) is 3.97. The molecule has 6 heteroatoms. The lowest BCUT2D eigenvalue weighted by Crippen LogP contribution is -2.23. The average molecular weight is 328 g/mol. The fourth-order valence-corrected chi connectivity index (χ4v) is 5.39. The van der Waals surface area contributed by atoms with Gasteiger partial charge in [0.15, 0.2) is 9.84 Å². The molecule has 3 rings (SSSR count). The number of nitrogens with one attached hydrogen (secondary N) is 1. The van der Waals surface area contributed by atoms with Crippen molar-refractivity contribution >= 4 is 27.3 Å². The highest BCUT2D eigenvalue weighted by atomic mass is 35.5. The van der Waals surface area contributed by atoms with Crippen LogP contribution in [0.2, 0.25) is 0 Å². The van der Waals surface area contributed by atoms with Crippen LogP contribution < -0.4 is 5.32 Å². The first kappa shape index (κ1) is 14.9. The summed E-state index contributed by atoms with van der Waals surface area (Å²) in [5.41, 5.74) is 2.56. The molecular formula is C15H18ClNO3S. The van der Waals surface area contributed by atoms with Gasteiger partial charge in [0.2, 0.25) is 0 Å².